The van der Waals surface area contributed by atoms with Crippen molar-refractivity contribution in [2.75, 3.05) is 18.5 Å². The van der Waals surface area contributed by atoms with Crippen LogP contribution in [-0.2, 0) is 0 Å². The predicted octanol–water partition coefficient (Wildman–Crippen LogP) is 4.13. The van der Waals surface area contributed by atoms with E-state index in [0.717, 1.165) is 6.42 Å². The van der Waals surface area contributed by atoms with Gasteiger partial charge < -0.3 is 14.8 Å². The number of benzene rings is 2. The molecule has 7 nitrogen and oxygen atoms in total. The maximum Gasteiger partial charge on any atom is 0.286 e. The van der Waals surface area contributed by atoms with E-state index in [1.54, 1.807) is 12.1 Å². The fourth-order valence-corrected chi connectivity index (χ4v) is 2.74. The van der Waals surface area contributed by atoms with Crippen molar-refractivity contribution in [3.05, 3.63) is 57.6 Å². The Morgan fingerprint density at radius 3 is 2.38 bits per heavy atom. The Morgan fingerprint density at radius 1 is 1.19 bits per heavy atom. The third-order valence-electron chi connectivity index (χ3n) is 4.45. The zero-order valence-corrected chi connectivity index (χ0v) is 14.7. The van der Waals surface area contributed by atoms with E-state index in [1.807, 2.05) is 12.1 Å². The number of amides is 1. The highest BCUT2D eigenvalue weighted by Gasteiger charge is 2.26. The van der Waals surface area contributed by atoms with Crippen molar-refractivity contribution in [3.63, 3.8) is 0 Å². The Bertz CT molecular complexity index is 833. The third-order valence-corrected chi connectivity index (χ3v) is 4.45. The molecule has 2 aromatic rings. The van der Waals surface area contributed by atoms with Gasteiger partial charge in [-0.25, -0.2) is 0 Å². The van der Waals surface area contributed by atoms with Gasteiger partial charge in [0.15, 0.2) is 11.5 Å². The van der Waals surface area contributed by atoms with Crippen LogP contribution in [0, 0.1) is 10.1 Å². The smallest absolute Gasteiger partial charge is 0.286 e. The molecule has 1 unspecified atom stereocenters. The van der Waals surface area contributed by atoms with Gasteiger partial charge in [0.2, 0.25) is 0 Å². The number of hydrogen-bond donors (Lipinski definition) is 1. The van der Waals surface area contributed by atoms with E-state index in [1.165, 1.54) is 17.7 Å². The molecule has 3 rings (SSSR count). The fourth-order valence-electron chi connectivity index (χ4n) is 2.74. The van der Waals surface area contributed by atoms with Crippen LogP contribution in [0.25, 0.3) is 0 Å². The molecular formula is C19H20N2O5. The second kappa shape index (κ2) is 7.43. The van der Waals surface area contributed by atoms with Gasteiger partial charge in [-0.05, 0) is 30.0 Å². The van der Waals surface area contributed by atoms with Crippen LogP contribution in [0.15, 0.2) is 36.4 Å². The molecule has 136 valence electrons. The molecule has 0 radical (unpaired) electrons. The Labute approximate surface area is 151 Å². The Kier molecular flexibility index (Phi) is 5.06. The first-order valence-corrected chi connectivity index (χ1v) is 8.49. The summed E-state index contributed by atoms with van der Waals surface area (Å²) in [6, 6.07) is 10.1. The molecule has 1 amide bonds. The molecule has 1 aliphatic rings. The lowest BCUT2D eigenvalue weighted by Crippen LogP contribution is -2.18. The average molecular weight is 356 g/mol. The summed E-state index contributed by atoms with van der Waals surface area (Å²) in [5.41, 5.74) is 1.37. The third kappa shape index (κ3) is 3.61. The summed E-state index contributed by atoms with van der Waals surface area (Å²) < 4.78 is 10.8. The Hall–Kier alpha value is -3.09. The van der Waals surface area contributed by atoms with Gasteiger partial charge in [0.05, 0.1) is 11.0 Å². The minimum Gasteiger partial charge on any atom is -0.486 e. The maximum absolute atomic E-state index is 12.6. The number of nitrogens with one attached hydrogen (secondary N) is 1. The molecule has 0 fully saturated rings. The van der Waals surface area contributed by atoms with E-state index in [2.05, 4.69) is 19.2 Å². The van der Waals surface area contributed by atoms with Gasteiger partial charge >= 0.3 is 0 Å². The highest BCUT2D eigenvalue weighted by Crippen LogP contribution is 2.37. The summed E-state index contributed by atoms with van der Waals surface area (Å²) in [5, 5.41) is 14.1. The van der Waals surface area contributed by atoms with E-state index < -0.39 is 10.8 Å². The molecule has 1 N–H and O–H groups in total. The summed E-state index contributed by atoms with van der Waals surface area (Å²) in [6.07, 6.45) is 1.02. The Balaban J connectivity index is 1.86. The summed E-state index contributed by atoms with van der Waals surface area (Å²) in [7, 11) is 0. The zero-order valence-electron chi connectivity index (χ0n) is 14.7. The van der Waals surface area contributed by atoms with Crippen LogP contribution < -0.4 is 14.8 Å². The summed E-state index contributed by atoms with van der Waals surface area (Å²) in [4.78, 5) is 23.3. The lowest BCUT2D eigenvalue weighted by molar-refractivity contribution is -0.385. The van der Waals surface area contributed by atoms with Crippen LogP contribution in [0.5, 0.6) is 11.5 Å². The van der Waals surface area contributed by atoms with Crippen molar-refractivity contribution < 1.29 is 19.2 Å². The summed E-state index contributed by atoms with van der Waals surface area (Å²) in [5.74, 6) is 0.472. The summed E-state index contributed by atoms with van der Waals surface area (Å²) >= 11 is 0. The normalized spacial score (nSPS) is 13.8. The van der Waals surface area contributed by atoms with Crippen LogP contribution in [0.4, 0.5) is 11.4 Å². The molecule has 26 heavy (non-hydrogen) atoms. The first-order valence-electron chi connectivity index (χ1n) is 8.49. The van der Waals surface area contributed by atoms with Crippen LogP contribution in [0.3, 0.4) is 0 Å². The number of carbonyl (C=O) groups excluding carboxylic acids is 1. The predicted molar refractivity (Wildman–Crippen MR) is 97.2 cm³/mol. The molecule has 1 heterocycles. The van der Waals surface area contributed by atoms with Gasteiger partial charge in [-0.2, -0.15) is 0 Å². The first-order chi connectivity index (χ1) is 12.5. The van der Waals surface area contributed by atoms with Crippen LogP contribution in [0.1, 0.15) is 42.1 Å². The van der Waals surface area contributed by atoms with Gasteiger partial charge in [-0.15, -0.1) is 0 Å². The number of nitrogens with zero attached hydrogens (tertiary/aromatic N) is 1. The van der Waals surface area contributed by atoms with E-state index in [0.29, 0.717) is 30.6 Å². The fraction of sp³-hybridized carbons (Fsp3) is 0.316. The number of anilines is 1. The number of nitro benzene ring substituents is 1. The van der Waals surface area contributed by atoms with Gasteiger partial charge in [-0.3, -0.25) is 14.9 Å². The standard InChI is InChI=1S/C19H20N2O5/c1-3-12(2)13-4-6-14(7-5-13)20-19(22)15-10-17-18(26-9-8-25-17)11-16(15)21(23)24/h4-7,10-12H,3,8-9H2,1-2H3,(H,20,22). The number of ether oxygens (including phenoxy) is 2. The topological polar surface area (TPSA) is 90.7 Å². The maximum atomic E-state index is 12.6. The molecule has 0 saturated carbocycles. The second-order valence-electron chi connectivity index (χ2n) is 6.16. The van der Waals surface area contributed by atoms with Crippen molar-refractivity contribution in [2.24, 2.45) is 0 Å². The van der Waals surface area contributed by atoms with E-state index in [9.17, 15) is 14.9 Å². The first kappa shape index (κ1) is 17.7. The highest BCUT2D eigenvalue weighted by atomic mass is 16.6. The van der Waals surface area contributed by atoms with E-state index in [4.69, 9.17) is 9.47 Å². The van der Waals surface area contributed by atoms with Crippen molar-refractivity contribution >= 4 is 17.3 Å². The number of hydrogen-bond acceptors (Lipinski definition) is 5. The highest BCUT2D eigenvalue weighted by molar-refractivity contribution is 6.07. The monoisotopic (exact) mass is 356 g/mol. The van der Waals surface area contributed by atoms with Gasteiger partial charge in [-0.1, -0.05) is 26.0 Å². The number of nitro groups is 1. The molecular weight excluding hydrogens is 336 g/mol. The molecule has 0 bridgehead atoms. The minimum atomic E-state index is -0.598. The molecule has 7 heteroatoms. The molecule has 0 saturated heterocycles. The minimum absolute atomic E-state index is 0.0646. The molecule has 0 aromatic heterocycles. The summed E-state index contributed by atoms with van der Waals surface area (Å²) in [6.45, 7) is 4.90. The van der Waals surface area contributed by atoms with Crippen molar-refractivity contribution in [3.8, 4) is 11.5 Å². The molecule has 0 aliphatic carbocycles. The molecule has 0 spiro atoms. The van der Waals surface area contributed by atoms with E-state index in [-0.39, 0.29) is 17.0 Å². The zero-order chi connectivity index (χ0) is 18.7. The largest absolute Gasteiger partial charge is 0.486 e. The molecule has 1 aliphatic heterocycles. The second-order valence-corrected chi connectivity index (χ2v) is 6.16. The quantitative estimate of drug-likeness (QED) is 0.642. The van der Waals surface area contributed by atoms with Crippen molar-refractivity contribution in [1.82, 2.24) is 0 Å². The SMILES string of the molecule is CCC(C)c1ccc(NC(=O)c2cc3c(cc2[N+](=O)[O-])OCCO3)cc1. The van der Waals surface area contributed by atoms with E-state index >= 15 is 0 Å². The lowest BCUT2D eigenvalue weighted by atomic mass is 9.98. The Morgan fingerprint density at radius 2 is 1.81 bits per heavy atom. The van der Waals surface area contributed by atoms with Crippen LogP contribution >= 0.6 is 0 Å². The number of rotatable bonds is 5. The number of fused-ring (bicyclic) bond motifs is 1. The van der Waals surface area contributed by atoms with Crippen molar-refractivity contribution in [2.45, 2.75) is 26.2 Å². The van der Waals surface area contributed by atoms with Crippen LogP contribution in [0.2, 0.25) is 0 Å². The average Bonchev–Trinajstić information content (AvgIpc) is 2.66. The van der Waals surface area contributed by atoms with Gasteiger partial charge in [0.25, 0.3) is 11.6 Å². The van der Waals surface area contributed by atoms with Crippen LogP contribution in [-0.4, -0.2) is 24.0 Å². The lowest BCUT2D eigenvalue weighted by Gasteiger charge is -2.19. The molecule has 1 atom stereocenters. The molecule has 2 aromatic carbocycles. The van der Waals surface area contributed by atoms with Gasteiger partial charge in [0.1, 0.15) is 18.8 Å². The number of carbonyl (C=O) groups is 1. The van der Waals surface area contributed by atoms with Gasteiger partial charge in [0, 0.05) is 11.8 Å². The van der Waals surface area contributed by atoms with Crippen molar-refractivity contribution in [1.29, 1.82) is 0 Å².